The molecular weight excluding hydrogens is 422 g/mol. The number of benzene rings is 3. The first-order valence-electron chi connectivity index (χ1n) is 10.5. The first kappa shape index (κ1) is 22.1. The molecule has 0 spiro atoms. The van der Waals surface area contributed by atoms with Crippen molar-refractivity contribution in [3.63, 3.8) is 0 Å². The molecule has 0 saturated heterocycles. The molecule has 0 aliphatic rings. The van der Waals surface area contributed by atoms with Crippen LogP contribution in [0.3, 0.4) is 0 Å². The van der Waals surface area contributed by atoms with E-state index in [1.54, 1.807) is 11.7 Å². The Morgan fingerprint density at radius 1 is 1.06 bits per heavy atom. The van der Waals surface area contributed by atoms with E-state index in [4.69, 9.17) is 16.1 Å². The van der Waals surface area contributed by atoms with Gasteiger partial charge in [0.15, 0.2) is 11.6 Å². The number of halogens is 2. The van der Waals surface area contributed by atoms with Gasteiger partial charge in [0.2, 0.25) is 0 Å². The van der Waals surface area contributed by atoms with Crippen LogP contribution < -0.4 is 11.1 Å². The van der Waals surface area contributed by atoms with Crippen LogP contribution in [0.1, 0.15) is 35.5 Å². The first-order valence-corrected chi connectivity index (χ1v) is 10.5. The summed E-state index contributed by atoms with van der Waals surface area (Å²) >= 11 is 0. The van der Waals surface area contributed by atoms with E-state index in [0.717, 1.165) is 35.2 Å². The fourth-order valence-electron chi connectivity index (χ4n) is 3.67. The van der Waals surface area contributed by atoms with Gasteiger partial charge in [-0.15, -0.1) is 0 Å². The van der Waals surface area contributed by atoms with Crippen molar-refractivity contribution < 1.29 is 8.78 Å². The zero-order chi connectivity index (χ0) is 23.5. The number of anilines is 1. The van der Waals surface area contributed by atoms with Crippen molar-refractivity contribution in [3.05, 3.63) is 101 Å². The van der Waals surface area contributed by atoms with E-state index in [2.05, 4.69) is 10.4 Å². The Bertz CT molecular complexity index is 1300. The summed E-state index contributed by atoms with van der Waals surface area (Å²) in [6, 6.07) is 18.7. The van der Waals surface area contributed by atoms with Crippen LogP contribution >= 0.6 is 0 Å². The number of nitrogens with two attached hydrogens (primary N) is 1. The van der Waals surface area contributed by atoms with Gasteiger partial charge in [-0.25, -0.2) is 13.8 Å². The molecule has 4 aromatic rings. The Balaban J connectivity index is 1.81. The molecule has 1 heterocycles. The lowest BCUT2D eigenvalue weighted by Crippen LogP contribution is -2.19. The van der Waals surface area contributed by atoms with E-state index in [1.165, 1.54) is 0 Å². The van der Waals surface area contributed by atoms with Crippen LogP contribution in [0.2, 0.25) is 0 Å². The Labute approximate surface area is 190 Å². The zero-order valence-electron chi connectivity index (χ0n) is 18.3. The smallest absolute Gasteiger partial charge is 0.181 e. The van der Waals surface area contributed by atoms with Gasteiger partial charge in [0.25, 0.3) is 0 Å². The van der Waals surface area contributed by atoms with E-state index in [1.807, 2.05) is 61.5 Å². The van der Waals surface area contributed by atoms with Crippen molar-refractivity contribution >= 4 is 11.5 Å². The van der Waals surface area contributed by atoms with Gasteiger partial charge in [-0.05, 0) is 23.6 Å². The average Bonchev–Trinajstić information content (AvgIpc) is 3.21. The third-order valence-electron chi connectivity index (χ3n) is 5.43. The molecule has 0 saturated carbocycles. The quantitative estimate of drug-likeness (QED) is 0.281. The number of amidine groups is 1. The van der Waals surface area contributed by atoms with Crippen LogP contribution in [0, 0.1) is 17.0 Å². The summed E-state index contributed by atoms with van der Waals surface area (Å²) in [7, 11) is 1.77. The van der Waals surface area contributed by atoms with Gasteiger partial charge in [0.05, 0.1) is 11.3 Å². The van der Waals surface area contributed by atoms with Gasteiger partial charge in [-0.3, -0.25) is 10.1 Å². The van der Waals surface area contributed by atoms with E-state index in [9.17, 15) is 8.78 Å². The molecule has 33 heavy (non-hydrogen) atoms. The monoisotopic (exact) mass is 446 g/mol. The summed E-state index contributed by atoms with van der Waals surface area (Å²) in [5.41, 5.74) is 7.80. The highest BCUT2D eigenvalue weighted by molar-refractivity contribution is 5.95. The van der Waals surface area contributed by atoms with Gasteiger partial charge in [-0.2, -0.15) is 5.10 Å². The lowest BCUT2D eigenvalue weighted by molar-refractivity contribution is 0.596. The normalized spacial score (nSPS) is 11.9. The predicted octanol–water partition coefficient (Wildman–Crippen LogP) is 4.81. The average molecular weight is 447 g/mol. The lowest BCUT2D eigenvalue weighted by Gasteiger charge is -2.21. The van der Waals surface area contributed by atoms with Crippen LogP contribution in [0.25, 0.3) is 11.4 Å². The number of aryl methyl sites for hydroxylation is 2. The number of nitrogens with zero attached hydrogens (tertiary/aromatic N) is 3. The molecule has 0 fully saturated rings. The fourth-order valence-corrected chi connectivity index (χ4v) is 3.67. The van der Waals surface area contributed by atoms with E-state index >= 15 is 0 Å². The second-order valence-corrected chi connectivity index (χ2v) is 7.68. The fraction of sp³-hybridized carbons (Fsp3) is 0.160. The van der Waals surface area contributed by atoms with Crippen molar-refractivity contribution in [1.29, 1.82) is 5.41 Å². The van der Waals surface area contributed by atoms with E-state index in [-0.39, 0.29) is 11.3 Å². The summed E-state index contributed by atoms with van der Waals surface area (Å²) in [5, 5.41) is 15.1. The Kier molecular flexibility index (Phi) is 6.17. The SMILES string of the molecule is CCc1cccc(C(Nc2cc(F)c(C(=N)N)cc2F)c2nc(-c3ccccc3)nn2C)c1. The molecule has 4 N–H and O–H groups in total. The number of nitrogens with one attached hydrogen (secondary N) is 2. The lowest BCUT2D eigenvalue weighted by atomic mass is 10.0. The molecule has 6 nitrogen and oxygen atoms in total. The zero-order valence-corrected chi connectivity index (χ0v) is 18.3. The Hall–Kier alpha value is -4.07. The number of hydrogen-bond acceptors (Lipinski definition) is 4. The molecule has 1 aromatic heterocycles. The van der Waals surface area contributed by atoms with Crippen molar-refractivity contribution in [2.75, 3.05) is 5.32 Å². The van der Waals surface area contributed by atoms with Crippen LogP contribution in [0.5, 0.6) is 0 Å². The van der Waals surface area contributed by atoms with Gasteiger partial charge in [0, 0.05) is 18.7 Å². The van der Waals surface area contributed by atoms with Gasteiger partial charge in [0.1, 0.15) is 23.5 Å². The minimum absolute atomic E-state index is 0.0614. The summed E-state index contributed by atoms with van der Waals surface area (Å²) in [4.78, 5) is 4.73. The van der Waals surface area contributed by atoms with Crippen LogP contribution in [0.4, 0.5) is 14.5 Å². The molecule has 1 unspecified atom stereocenters. The molecule has 3 aromatic carbocycles. The highest BCUT2D eigenvalue weighted by Crippen LogP contribution is 2.30. The molecular formula is C25H24F2N6. The van der Waals surface area contributed by atoms with Crippen molar-refractivity contribution in [3.8, 4) is 11.4 Å². The third kappa shape index (κ3) is 4.59. The third-order valence-corrected chi connectivity index (χ3v) is 5.43. The number of aromatic nitrogens is 3. The van der Waals surface area contributed by atoms with Crippen LogP contribution in [-0.2, 0) is 13.5 Å². The van der Waals surface area contributed by atoms with Gasteiger partial charge in [-0.1, -0.05) is 61.5 Å². The second-order valence-electron chi connectivity index (χ2n) is 7.68. The number of rotatable bonds is 7. The molecule has 168 valence electrons. The van der Waals surface area contributed by atoms with Crippen molar-refractivity contribution in [2.24, 2.45) is 12.8 Å². The Morgan fingerprint density at radius 2 is 1.82 bits per heavy atom. The maximum absolute atomic E-state index is 14.9. The van der Waals surface area contributed by atoms with Crippen LogP contribution in [0.15, 0.2) is 66.7 Å². The Morgan fingerprint density at radius 3 is 2.52 bits per heavy atom. The maximum atomic E-state index is 14.9. The summed E-state index contributed by atoms with van der Waals surface area (Å²) in [6.07, 6.45) is 0.824. The second kappa shape index (κ2) is 9.20. The van der Waals surface area contributed by atoms with E-state index in [0.29, 0.717) is 11.6 Å². The molecule has 1 atom stereocenters. The molecule has 0 aliphatic carbocycles. The minimum atomic E-state index is -0.782. The maximum Gasteiger partial charge on any atom is 0.181 e. The highest BCUT2D eigenvalue weighted by Gasteiger charge is 2.24. The number of hydrogen-bond donors (Lipinski definition) is 3. The summed E-state index contributed by atoms with van der Waals surface area (Å²) in [5.74, 6) is -0.965. The topological polar surface area (TPSA) is 92.6 Å². The molecule has 0 amide bonds. The molecule has 0 bridgehead atoms. The predicted molar refractivity (Wildman–Crippen MR) is 125 cm³/mol. The standard InChI is InChI=1S/C25H24F2N6/c1-3-15-8-7-11-17(12-15)22(30-21-14-19(26)18(23(28)29)13-20(21)27)25-31-24(32-33(25)2)16-9-5-4-6-10-16/h4-14,22,30H,3H2,1-2H3,(H3,28,29). The minimum Gasteiger partial charge on any atom is -0.384 e. The van der Waals surface area contributed by atoms with E-state index < -0.39 is 23.5 Å². The van der Waals surface area contributed by atoms with Crippen molar-refractivity contribution in [1.82, 2.24) is 14.8 Å². The largest absolute Gasteiger partial charge is 0.384 e. The first-order chi connectivity index (χ1) is 15.9. The molecule has 8 heteroatoms. The highest BCUT2D eigenvalue weighted by atomic mass is 19.1. The number of nitrogen functional groups attached to an aromatic ring is 1. The van der Waals surface area contributed by atoms with Gasteiger partial charge >= 0.3 is 0 Å². The van der Waals surface area contributed by atoms with Gasteiger partial charge < -0.3 is 11.1 Å². The summed E-state index contributed by atoms with van der Waals surface area (Å²) < 4.78 is 31.0. The molecule has 4 rings (SSSR count). The molecule has 0 radical (unpaired) electrons. The van der Waals surface area contributed by atoms with Crippen molar-refractivity contribution in [2.45, 2.75) is 19.4 Å². The van der Waals surface area contributed by atoms with Crippen LogP contribution in [-0.4, -0.2) is 20.6 Å². The molecule has 0 aliphatic heterocycles. The summed E-state index contributed by atoms with van der Waals surface area (Å²) in [6.45, 7) is 2.05.